The van der Waals surface area contributed by atoms with E-state index >= 15 is 0 Å². The zero-order valence-electron chi connectivity index (χ0n) is 11.7. The average molecular weight is 254 g/mol. The maximum atomic E-state index is 11.9. The third-order valence-corrected chi connectivity index (χ3v) is 3.95. The Kier molecular flexibility index (Phi) is 6.19. The van der Waals surface area contributed by atoms with Crippen LogP contribution in [0.1, 0.15) is 33.1 Å². The first-order valence-corrected chi connectivity index (χ1v) is 6.91. The lowest BCUT2D eigenvalue weighted by Gasteiger charge is -2.32. The smallest absolute Gasteiger partial charge is 0.409 e. The summed E-state index contributed by atoms with van der Waals surface area (Å²) in [5.41, 5.74) is 0.0610. The molecule has 0 radical (unpaired) electrons. The van der Waals surface area contributed by atoms with Crippen LogP contribution in [0, 0.1) is 5.41 Å². The number of allylic oxidation sites excluding steroid dienone is 1. The molecule has 1 rings (SSSR count). The standard InChI is InChI=1S/C14H26N2O2/c1-4-7-14(5-2,6-3)12-18-13(17)16-10-8-15-9-11-16/h4,15H,1,5-12H2,2-3H3. The summed E-state index contributed by atoms with van der Waals surface area (Å²) in [5.74, 6) is 0. The minimum absolute atomic E-state index is 0.0610. The number of nitrogens with one attached hydrogen (secondary N) is 1. The SMILES string of the molecule is C=CCC(CC)(CC)COC(=O)N1CCNCC1. The molecule has 0 atom stereocenters. The zero-order chi connectivity index (χ0) is 13.4. The van der Waals surface area contributed by atoms with E-state index < -0.39 is 0 Å². The van der Waals surface area contributed by atoms with Crippen LogP contribution >= 0.6 is 0 Å². The van der Waals surface area contributed by atoms with E-state index in [0.29, 0.717) is 6.61 Å². The molecule has 1 saturated heterocycles. The lowest BCUT2D eigenvalue weighted by molar-refractivity contribution is 0.0488. The number of piperazine rings is 1. The van der Waals surface area contributed by atoms with Crippen molar-refractivity contribution in [3.05, 3.63) is 12.7 Å². The predicted octanol–water partition coefficient (Wildman–Crippen LogP) is 2.41. The van der Waals surface area contributed by atoms with Gasteiger partial charge in [-0.25, -0.2) is 4.79 Å². The number of hydrogen-bond donors (Lipinski definition) is 1. The molecule has 0 unspecified atom stereocenters. The highest BCUT2D eigenvalue weighted by atomic mass is 16.6. The topological polar surface area (TPSA) is 41.6 Å². The number of rotatable bonds is 6. The van der Waals surface area contributed by atoms with Crippen LogP contribution in [0.4, 0.5) is 4.79 Å². The Hall–Kier alpha value is -1.03. The van der Waals surface area contributed by atoms with Gasteiger partial charge in [-0.1, -0.05) is 19.9 Å². The summed E-state index contributed by atoms with van der Waals surface area (Å²) in [7, 11) is 0. The van der Waals surface area contributed by atoms with Gasteiger partial charge in [-0.05, 0) is 19.3 Å². The number of hydrogen-bond acceptors (Lipinski definition) is 3. The molecule has 1 N–H and O–H groups in total. The van der Waals surface area contributed by atoms with E-state index in [1.807, 2.05) is 6.08 Å². The molecule has 0 spiro atoms. The molecular weight excluding hydrogens is 228 g/mol. The summed E-state index contributed by atoms with van der Waals surface area (Å²) < 4.78 is 5.49. The Labute approximate surface area is 110 Å². The van der Waals surface area contributed by atoms with Gasteiger partial charge in [0.05, 0.1) is 6.61 Å². The monoisotopic (exact) mass is 254 g/mol. The Balaban J connectivity index is 2.45. The molecular formula is C14H26N2O2. The van der Waals surface area contributed by atoms with E-state index in [1.54, 1.807) is 4.90 Å². The number of ether oxygens (including phenoxy) is 1. The maximum Gasteiger partial charge on any atom is 0.409 e. The van der Waals surface area contributed by atoms with Crippen molar-refractivity contribution in [2.45, 2.75) is 33.1 Å². The van der Waals surface area contributed by atoms with E-state index in [0.717, 1.165) is 45.4 Å². The Morgan fingerprint density at radius 3 is 2.50 bits per heavy atom. The van der Waals surface area contributed by atoms with Gasteiger partial charge in [0.2, 0.25) is 0 Å². The van der Waals surface area contributed by atoms with Gasteiger partial charge in [0.25, 0.3) is 0 Å². The van der Waals surface area contributed by atoms with Gasteiger partial charge >= 0.3 is 6.09 Å². The molecule has 0 aliphatic carbocycles. The highest BCUT2D eigenvalue weighted by Gasteiger charge is 2.28. The molecule has 0 aromatic carbocycles. The summed E-state index contributed by atoms with van der Waals surface area (Å²) in [6.07, 6.45) is 4.65. The van der Waals surface area contributed by atoms with Crippen molar-refractivity contribution in [3.63, 3.8) is 0 Å². The number of carbonyl (C=O) groups is 1. The van der Waals surface area contributed by atoms with Gasteiger partial charge in [0.15, 0.2) is 0 Å². The third-order valence-electron chi connectivity index (χ3n) is 3.95. The van der Waals surface area contributed by atoms with Crippen molar-refractivity contribution in [1.82, 2.24) is 10.2 Å². The summed E-state index contributed by atoms with van der Waals surface area (Å²) in [5, 5.41) is 3.22. The van der Waals surface area contributed by atoms with E-state index in [4.69, 9.17) is 4.74 Å². The molecule has 1 amide bonds. The molecule has 18 heavy (non-hydrogen) atoms. The predicted molar refractivity (Wildman–Crippen MR) is 73.6 cm³/mol. The van der Waals surface area contributed by atoms with Crippen LogP contribution in [-0.4, -0.2) is 43.8 Å². The molecule has 0 bridgehead atoms. The second-order valence-corrected chi connectivity index (χ2v) is 4.99. The Morgan fingerprint density at radius 1 is 1.39 bits per heavy atom. The summed E-state index contributed by atoms with van der Waals surface area (Å²) >= 11 is 0. The van der Waals surface area contributed by atoms with E-state index in [2.05, 4.69) is 25.7 Å². The molecule has 4 heteroatoms. The third kappa shape index (κ3) is 4.02. The van der Waals surface area contributed by atoms with Crippen LogP contribution in [0.15, 0.2) is 12.7 Å². The fourth-order valence-corrected chi connectivity index (χ4v) is 2.26. The second-order valence-electron chi connectivity index (χ2n) is 4.99. The highest BCUT2D eigenvalue weighted by Crippen LogP contribution is 2.31. The van der Waals surface area contributed by atoms with Crippen molar-refractivity contribution in [3.8, 4) is 0 Å². The molecule has 0 saturated carbocycles. The van der Waals surface area contributed by atoms with Crippen molar-refractivity contribution < 1.29 is 9.53 Å². The quantitative estimate of drug-likeness (QED) is 0.740. The van der Waals surface area contributed by atoms with Crippen LogP contribution in [0.5, 0.6) is 0 Å². The van der Waals surface area contributed by atoms with Crippen molar-refractivity contribution in [1.29, 1.82) is 0 Å². The number of amides is 1. The number of carbonyl (C=O) groups excluding carboxylic acids is 1. The van der Waals surface area contributed by atoms with Crippen LogP contribution < -0.4 is 5.32 Å². The molecule has 104 valence electrons. The van der Waals surface area contributed by atoms with Gasteiger partial charge in [0.1, 0.15) is 0 Å². The van der Waals surface area contributed by atoms with Crippen molar-refractivity contribution in [2.24, 2.45) is 5.41 Å². The van der Waals surface area contributed by atoms with E-state index in [-0.39, 0.29) is 11.5 Å². The molecule has 4 nitrogen and oxygen atoms in total. The molecule has 1 fully saturated rings. The fourth-order valence-electron chi connectivity index (χ4n) is 2.26. The Bertz CT molecular complexity index is 269. The maximum absolute atomic E-state index is 11.9. The number of nitrogens with zero attached hydrogens (tertiary/aromatic N) is 1. The van der Waals surface area contributed by atoms with Gasteiger partial charge in [-0.2, -0.15) is 0 Å². The van der Waals surface area contributed by atoms with E-state index in [9.17, 15) is 4.79 Å². The van der Waals surface area contributed by atoms with Gasteiger partial charge in [-0.3, -0.25) is 0 Å². The van der Waals surface area contributed by atoms with Gasteiger partial charge < -0.3 is 15.0 Å². The lowest BCUT2D eigenvalue weighted by atomic mass is 9.80. The minimum Gasteiger partial charge on any atom is -0.449 e. The highest BCUT2D eigenvalue weighted by molar-refractivity contribution is 5.67. The molecule has 1 aliphatic rings. The largest absolute Gasteiger partial charge is 0.449 e. The molecule has 0 aromatic heterocycles. The minimum atomic E-state index is -0.174. The van der Waals surface area contributed by atoms with Crippen molar-refractivity contribution in [2.75, 3.05) is 32.8 Å². The van der Waals surface area contributed by atoms with Crippen LogP contribution in [0.2, 0.25) is 0 Å². The summed E-state index contributed by atoms with van der Waals surface area (Å²) in [6.45, 7) is 11.8. The molecule has 1 aliphatic heterocycles. The van der Waals surface area contributed by atoms with Crippen LogP contribution in [-0.2, 0) is 4.74 Å². The fraction of sp³-hybridized carbons (Fsp3) is 0.786. The Morgan fingerprint density at radius 2 is 2.00 bits per heavy atom. The average Bonchev–Trinajstić information content (AvgIpc) is 2.44. The first-order valence-electron chi connectivity index (χ1n) is 6.91. The zero-order valence-corrected chi connectivity index (χ0v) is 11.7. The van der Waals surface area contributed by atoms with Gasteiger partial charge in [0, 0.05) is 31.6 Å². The lowest BCUT2D eigenvalue weighted by Crippen LogP contribution is -2.47. The normalized spacial score (nSPS) is 16.4. The van der Waals surface area contributed by atoms with E-state index in [1.165, 1.54) is 0 Å². The first-order chi connectivity index (χ1) is 8.67. The van der Waals surface area contributed by atoms with Crippen molar-refractivity contribution >= 4 is 6.09 Å². The second kappa shape index (κ2) is 7.41. The molecule has 0 aromatic rings. The van der Waals surface area contributed by atoms with Crippen LogP contribution in [0.3, 0.4) is 0 Å². The van der Waals surface area contributed by atoms with Crippen LogP contribution in [0.25, 0.3) is 0 Å². The molecule has 1 heterocycles. The van der Waals surface area contributed by atoms with Gasteiger partial charge in [-0.15, -0.1) is 6.58 Å². The summed E-state index contributed by atoms with van der Waals surface area (Å²) in [4.78, 5) is 13.7. The first kappa shape index (κ1) is 15.0. The summed E-state index contributed by atoms with van der Waals surface area (Å²) in [6, 6.07) is 0.